The number of urea groups is 1. The van der Waals surface area contributed by atoms with Gasteiger partial charge in [-0.25, -0.2) is 22.5 Å². The molecule has 0 saturated carbocycles. The fourth-order valence-electron chi connectivity index (χ4n) is 3.20. The highest BCUT2D eigenvalue weighted by Crippen LogP contribution is 2.30. The molecule has 0 radical (unpaired) electrons. The summed E-state index contributed by atoms with van der Waals surface area (Å²) in [5.41, 5.74) is 0.216. The third-order valence-electron chi connectivity index (χ3n) is 4.72. The van der Waals surface area contributed by atoms with Crippen LogP contribution in [0, 0.1) is 5.82 Å². The molecule has 0 unspecified atom stereocenters. The van der Waals surface area contributed by atoms with Crippen LogP contribution in [0.25, 0.3) is 0 Å². The summed E-state index contributed by atoms with van der Waals surface area (Å²) >= 11 is 2.55. The molecule has 0 aliphatic carbocycles. The summed E-state index contributed by atoms with van der Waals surface area (Å²) in [4.78, 5) is 38.2. The largest absolute Gasteiger partial charge is 0.329 e. The topological polar surface area (TPSA) is 113 Å². The van der Waals surface area contributed by atoms with Crippen LogP contribution >= 0.6 is 23.3 Å². The number of imide groups is 1. The summed E-state index contributed by atoms with van der Waals surface area (Å²) in [7, 11) is -3.58. The number of anilines is 2. The van der Waals surface area contributed by atoms with Gasteiger partial charge in [0.05, 0.1) is 21.2 Å². The van der Waals surface area contributed by atoms with Crippen molar-refractivity contribution >= 4 is 62.3 Å². The van der Waals surface area contributed by atoms with Crippen molar-refractivity contribution in [1.29, 1.82) is 0 Å². The van der Waals surface area contributed by atoms with Crippen LogP contribution in [-0.2, 0) is 21.1 Å². The average molecular weight is 506 g/mol. The van der Waals surface area contributed by atoms with Crippen LogP contribution in [0.2, 0.25) is 0 Å². The van der Waals surface area contributed by atoms with Crippen molar-refractivity contribution < 1.29 is 27.2 Å². The quantitative estimate of drug-likeness (QED) is 0.402. The van der Waals surface area contributed by atoms with E-state index in [0.29, 0.717) is 10.5 Å². The monoisotopic (exact) mass is 505 g/mol. The van der Waals surface area contributed by atoms with E-state index in [1.54, 1.807) is 0 Å². The molecule has 1 aliphatic heterocycles. The van der Waals surface area contributed by atoms with Crippen molar-refractivity contribution in [3.05, 3.63) is 70.9 Å². The highest BCUT2D eigenvalue weighted by Gasteiger charge is 2.34. The molecule has 33 heavy (non-hydrogen) atoms. The van der Waals surface area contributed by atoms with Gasteiger partial charge in [-0.05, 0) is 59.3 Å². The number of nitrogens with one attached hydrogen (secondary N) is 2. The van der Waals surface area contributed by atoms with Crippen LogP contribution in [0.3, 0.4) is 0 Å². The number of rotatable bonds is 5. The standard InChI is InChI=1S/C21H16FN3O5S3/c1-33(29,30)14-6-4-12-9-18(26)25(20(27)15(12)11-14)17-7-5-13(10-16(17)22)23-21(28)24-32-19-3-2-8-31-19/h2-8,10-11H,9H2,1H3,(H2,23,24,28). The van der Waals surface area contributed by atoms with Gasteiger partial charge < -0.3 is 5.32 Å². The number of hydrogen-bond acceptors (Lipinski definition) is 7. The minimum atomic E-state index is -3.58. The van der Waals surface area contributed by atoms with Crippen LogP contribution in [0.5, 0.6) is 0 Å². The molecule has 2 N–H and O–H groups in total. The third-order valence-corrected chi connectivity index (χ3v) is 7.66. The third kappa shape index (κ3) is 4.92. The Morgan fingerprint density at radius 2 is 1.94 bits per heavy atom. The van der Waals surface area contributed by atoms with E-state index < -0.39 is 33.5 Å². The van der Waals surface area contributed by atoms with Crippen molar-refractivity contribution in [2.75, 3.05) is 16.5 Å². The van der Waals surface area contributed by atoms with Gasteiger partial charge in [-0.1, -0.05) is 12.1 Å². The number of halogens is 1. The van der Waals surface area contributed by atoms with E-state index in [9.17, 15) is 27.2 Å². The fourth-order valence-corrected chi connectivity index (χ4v) is 5.17. The second-order valence-corrected chi connectivity index (χ2v) is 11.1. The Kier molecular flexibility index (Phi) is 6.23. The van der Waals surface area contributed by atoms with Crippen molar-refractivity contribution in [3.63, 3.8) is 0 Å². The van der Waals surface area contributed by atoms with Gasteiger partial charge in [-0.15, -0.1) is 11.3 Å². The SMILES string of the molecule is CS(=O)(=O)c1ccc2c(c1)C(=O)N(c1ccc(NC(=O)NSc3cccs3)cc1F)C(=O)C2. The number of amides is 4. The lowest BCUT2D eigenvalue weighted by atomic mass is 9.98. The predicted molar refractivity (Wildman–Crippen MR) is 124 cm³/mol. The maximum absolute atomic E-state index is 14.9. The van der Waals surface area contributed by atoms with Crippen LogP contribution in [0.15, 0.2) is 63.0 Å². The van der Waals surface area contributed by atoms with Crippen molar-refractivity contribution in [2.45, 2.75) is 15.5 Å². The molecule has 2 aromatic carbocycles. The lowest BCUT2D eigenvalue weighted by Crippen LogP contribution is -2.43. The van der Waals surface area contributed by atoms with Crippen LogP contribution < -0.4 is 14.9 Å². The van der Waals surface area contributed by atoms with Gasteiger partial charge in [-0.2, -0.15) is 0 Å². The molecular weight excluding hydrogens is 489 g/mol. The molecule has 0 fully saturated rings. The Morgan fingerprint density at radius 1 is 1.15 bits per heavy atom. The molecule has 8 nitrogen and oxygen atoms in total. The van der Waals surface area contributed by atoms with E-state index in [0.717, 1.165) is 28.5 Å². The van der Waals surface area contributed by atoms with Crippen molar-refractivity contribution in [1.82, 2.24) is 4.72 Å². The van der Waals surface area contributed by atoms with Crippen LogP contribution in [0.4, 0.5) is 20.6 Å². The summed E-state index contributed by atoms with van der Waals surface area (Å²) in [5.74, 6) is -2.37. The van der Waals surface area contributed by atoms with E-state index in [1.165, 1.54) is 41.7 Å². The van der Waals surface area contributed by atoms with E-state index in [4.69, 9.17) is 0 Å². The summed E-state index contributed by atoms with van der Waals surface area (Å²) in [5, 5.41) is 4.34. The summed E-state index contributed by atoms with van der Waals surface area (Å²) in [6, 6.07) is 10.6. The van der Waals surface area contributed by atoms with Gasteiger partial charge in [0.15, 0.2) is 9.84 Å². The second kappa shape index (κ2) is 8.96. The Hall–Kier alpha value is -3.22. The molecule has 0 saturated heterocycles. The maximum Gasteiger partial charge on any atom is 0.329 e. The summed E-state index contributed by atoms with van der Waals surface area (Å²) < 4.78 is 42.0. The van der Waals surface area contributed by atoms with E-state index in [2.05, 4.69) is 10.0 Å². The first-order chi connectivity index (χ1) is 15.6. The molecule has 0 spiro atoms. The van der Waals surface area contributed by atoms with Crippen LogP contribution in [-0.4, -0.2) is 32.5 Å². The Balaban J connectivity index is 1.54. The minimum absolute atomic E-state index is 0.0177. The first kappa shape index (κ1) is 23.0. The Labute approximate surface area is 196 Å². The first-order valence-corrected chi connectivity index (χ1v) is 13.0. The number of benzene rings is 2. The molecule has 1 aromatic heterocycles. The molecule has 3 aromatic rings. The molecule has 2 heterocycles. The molecule has 1 aliphatic rings. The molecule has 170 valence electrons. The number of nitrogens with zero attached hydrogens (tertiary/aromatic N) is 1. The Morgan fingerprint density at radius 3 is 2.61 bits per heavy atom. The van der Waals surface area contributed by atoms with Crippen LogP contribution in [0.1, 0.15) is 15.9 Å². The lowest BCUT2D eigenvalue weighted by Gasteiger charge is -2.27. The fraction of sp³-hybridized carbons (Fsp3) is 0.0952. The van der Waals surface area contributed by atoms with Gasteiger partial charge in [0, 0.05) is 17.5 Å². The number of hydrogen-bond donors (Lipinski definition) is 2. The van der Waals surface area contributed by atoms with Gasteiger partial charge >= 0.3 is 6.03 Å². The van der Waals surface area contributed by atoms with Gasteiger partial charge in [0.25, 0.3) is 5.91 Å². The molecule has 4 amide bonds. The van der Waals surface area contributed by atoms with Gasteiger partial charge in [-0.3, -0.25) is 14.3 Å². The van der Waals surface area contributed by atoms with Crippen molar-refractivity contribution in [3.8, 4) is 0 Å². The minimum Gasteiger partial charge on any atom is -0.307 e. The van der Waals surface area contributed by atoms with Crippen molar-refractivity contribution in [2.24, 2.45) is 0 Å². The number of sulfone groups is 1. The Bertz CT molecular complexity index is 1370. The molecular formula is C21H16FN3O5S3. The normalized spacial score (nSPS) is 13.6. The molecule has 0 bridgehead atoms. The zero-order valence-electron chi connectivity index (χ0n) is 17.0. The highest BCUT2D eigenvalue weighted by atomic mass is 32.2. The molecule has 4 rings (SSSR count). The maximum atomic E-state index is 14.9. The average Bonchev–Trinajstić information content (AvgIpc) is 3.26. The second-order valence-electron chi connectivity index (χ2n) is 7.06. The van der Waals surface area contributed by atoms with E-state index in [1.807, 2.05) is 17.5 Å². The predicted octanol–water partition coefficient (Wildman–Crippen LogP) is 3.85. The van der Waals surface area contributed by atoms with E-state index >= 15 is 0 Å². The van der Waals surface area contributed by atoms with Gasteiger partial charge in [0.1, 0.15) is 5.82 Å². The smallest absolute Gasteiger partial charge is 0.307 e. The number of fused-ring (bicyclic) bond motifs is 1. The summed E-state index contributed by atoms with van der Waals surface area (Å²) in [6.45, 7) is 0. The zero-order chi connectivity index (χ0) is 23.8. The van der Waals surface area contributed by atoms with Gasteiger partial charge in [0.2, 0.25) is 5.91 Å². The van der Waals surface area contributed by atoms with E-state index in [-0.39, 0.29) is 28.3 Å². The molecule has 0 atom stereocenters. The molecule has 12 heteroatoms. The lowest BCUT2D eigenvalue weighted by molar-refractivity contribution is -0.117. The summed E-state index contributed by atoms with van der Waals surface area (Å²) in [6.07, 6.45) is 0.818. The number of thiophene rings is 1. The first-order valence-electron chi connectivity index (χ1n) is 9.40. The number of carbonyl (C=O) groups is 3. The zero-order valence-corrected chi connectivity index (χ0v) is 19.4. The highest BCUT2D eigenvalue weighted by molar-refractivity contribution is 7.99. The number of carbonyl (C=O) groups excluding carboxylic acids is 3.